The molecule has 0 spiro atoms. The van der Waals surface area contributed by atoms with Gasteiger partial charge in [-0.15, -0.1) is 0 Å². The number of nitrogens with two attached hydrogens (primary N) is 1. The maximum absolute atomic E-state index is 6.25. The van der Waals surface area contributed by atoms with Gasteiger partial charge in [-0.2, -0.15) is 5.10 Å². The van der Waals surface area contributed by atoms with Crippen molar-refractivity contribution >= 4 is 11.8 Å². The summed E-state index contributed by atoms with van der Waals surface area (Å²) >= 11 is 1.64. The van der Waals surface area contributed by atoms with E-state index < -0.39 is 0 Å². The number of aromatic nitrogens is 3. The Morgan fingerprint density at radius 2 is 2.17 bits per heavy atom. The molecule has 0 aliphatic rings. The Balaban J connectivity index is 2.06. The average Bonchev–Trinajstić information content (AvgIpc) is 2.75. The predicted octanol–water partition coefficient (Wildman–Crippen LogP) is 2.22. The van der Waals surface area contributed by atoms with Crippen LogP contribution in [0, 0.1) is 13.8 Å². The lowest BCUT2D eigenvalue weighted by Crippen LogP contribution is -2.15. The molecule has 2 rings (SSSR count). The Kier molecular flexibility index (Phi) is 4.04. The summed E-state index contributed by atoms with van der Waals surface area (Å²) in [6.45, 7) is 4.19. The third kappa shape index (κ3) is 2.91. The molecule has 1 aromatic heterocycles. The average molecular weight is 262 g/mol. The van der Waals surface area contributed by atoms with E-state index in [0.717, 1.165) is 10.9 Å². The van der Waals surface area contributed by atoms with Gasteiger partial charge in [0.05, 0.1) is 0 Å². The predicted molar refractivity (Wildman–Crippen MR) is 74.6 cm³/mol. The highest BCUT2D eigenvalue weighted by molar-refractivity contribution is 7.99. The number of aryl methyl sites for hydroxylation is 3. The molecule has 0 saturated carbocycles. The van der Waals surface area contributed by atoms with Gasteiger partial charge in [-0.25, -0.2) is 9.67 Å². The Morgan fingerprint density at radius 3 is 2.83 bits per heavy atom. The van der Waals surface area contributed by atoms with Gasteiger partial charge >= 0.3 is 0 Å². The summed E-state index contributed by atoms with van der Waals surface area (Å²) in [7, 11) is 1.89. The molecule has 0 bridgehead atoms. The number of rotatable bonds is 4. The normalized spacial score (nSPS) is 12.7. The molecule has 0 radical (unpaired) electrons. The molecule has 96 valence electrons. The molecular weight excluding hydrogens is 244 g/mol. The van der Waals surface area contributed by atoms with Crippen molar-refractivity contribution in [3.05, 3.63) is 41.2 Å². The van der Waals surface area contributed by atoms with Crippen molar-refractivity contribution in [3.63, 3.8) is 0 Å². The van der Waals surface area contributed by atoms with E-state index in [1.165, 1.54) is 16.7 Å². The summed E-state index contributed by atoms with van der Waals surface area (Å²) in [4.78, 5) is 4.18. The lowest BCUT2D eigenvalue weighted by molar-refractivity contribution is 0.683. The summed E-state index contributed by atoms with van der Waals surface area (Å²) in [6.07, 6.45) is 1.56. The fraction of sp³-hybridized carbons (Fsp3) is 0.385. The molecule has 0 amide bonds. The van der Waals surface area contributed by atoms with Crippen LogP contribution in [-0.2, 0) is 7.05 Å². The zero-order valence-electron chi connectivity index (χ0n) is 10.9. The Morgan fingerprint density at radius 1 is 1.39 bits per heavy atom. The minimum absolute atomic E-state index is 0.0200. The second kappa shape index (κ2) is 5.54. The van der Waals surface area contributed by atoms with Gasteiger partial charge in [-0.05, 0) is 25.0 Å². The molecule has 18 heavy (non-hydrogen) atoms. The van der Waals surface area contributed by atoms with Gasteiger partial charge in [-0.1, -0.05) is 35.5 Å². The van der Waals surface area contributed by atoms with E-state index in [1.807, 2.05) is 7.05 Å². The van der Waals surface area contributed by atoms with Gasteiger partial charge in [0.2, 0.25) is 0 Å². The van der Waals surface area contributed by atoms with E-state index in [0.29, 0.717) is 0 Å². The molecule has 2 N–H and O–H groups in total. The summed E-state index contributed by atoms with van der Waals surface area (Å²) in [5, 5.41) is 4.94. The summed E-state index contributed by atoms with van der Waals surface area (Å²) in [5.74, 6) is 0.802. The third-order valence-electron chi connectivity index (χ3n) is 2.90. The highest BCUT2D eigenvalue weighted by atomic mass is 32.2. The summed E-state index contributed by atoms with van der Waals surface area (Å²) in [5.41, 5.74) is 9.95. The first-order chi connectivity index (χ1) is 8.58. The molecule has 5 heteroatoms. The molecular formula is C13H18N4S. The van der Waals surface area contributed by atoms with Crippen LogP contribution in [0.2, 0.25) is 0 Å². The first kappa shape index (κ1) is 13.1. The van der Waals surface area contributed by atoms with Crippen molar-refractivity contribution in [1.29, 1.82) is 0 Å². The molecule has 0 aliphatic carbocycles. The fourth-order valence-electron chi connectivity index (χ4n) is 1.83. The van der Waals surface area contributed by atoms with Crippen molar-refractivity contribution in [1.82, 2.24) is 14.8 Å². The van der Waals surface area contributed by atoms with Crippen molar-refractivity contribution in [3.8, 4) is 0 Å². The molecule has 1 unspecified atom stereocenters. The monoisotopic (exact) mass is 262 g/mol. The van der Waals surface area contributed by atoms with Gasteiger partial charge in [-0.3, -0.25) is 0 Å². The standard InChI is InChI=1S/C13H18N4S/c1-9-4-5-10(2)11(6-9)12(14)7-18-13-15-8-16-17(13)3/h4-6,8,12H,7,14H2,1-3H3. The summed E-state index contributed by atoms with van der Waals surface area (Å²) < 4.78 is 1.76. The second-order valence-corrected chi connectivity index (χ2v) is 5.43. The quantitative estimate of drug-likeness (QED) is 0.858. The number of benzene rings is 1. The van der Waals surface area contributed by atoms with Crippen LogP contribution < -0.4 is 5.73 Å². The highest BCUT2D eigenvalue weighted by Gasteiger charge is 2.11. The SMILES string of the molecule is Cc1ccc(C)c(C(N)CSc2ncnn2C)c1. The number of hydrogen-bond acceptors (Lipinski definition) is 4. The Bertz CT molecular complexity index is 536. The topological polar surface area (TPSA) is 56.7 Å². The van der Waals surface area contributed by atoms with Crippen molar-refractivity contribution in [2.75, 3.05) is 5.75 Å². The van der Waals surface area contributed by atoms with E-state index in [9.17, 15) is 0 Å². The highest BCUT2D eigenvalue weighted by Crippen LogP contribution is 2.24. The van der Waals surface area contributed by atoms with E-state index >= 15 is 0 Å². The van der Waals surface area contributed by atoms with Gasteiger partial charge in [0, 0.05) is 18.8 Å². The molecule has 0 aliphatic heterocycles. The second-order valence-electron chi connectivity index (χ2n) is 4.44. The van der Waals surface area contributed by atoms with Crippen LogP contribution in [0.25, 0.3) is 0 Å². The zero-order valence-corrected chi connectivity index (χ0v) is 11.7. The molecule has 1 aromatic carbocycles. The maximum Gasteiger partial charge on any atom is 0.185 e. The zero-order chi connectivity index (χ0) is 13.1. The molecule has 2 aromatic rings. The molecule has 0 fully saturated rings. The van der Waals surface area contributed by atoms with Crippen LogP contribution >= 0.6 is 11.8 Å². The van der Waals surface area contributed by atoms with Crippen molar-refractivity contribution < 1.29 is 0 Å². The van der Waals surface area contributed by atoms with E-state index in [2.05, 4.69) is 42.1 Å². The van der Waals surface area contributed by atoms with Crippen molar-refractivity contribution in [2.45, 2.75) is 25.0 Å². The minimum atomic E-state index is 0.0200. The molecule has 0 saturated heterocycles. The number of thioether (sulfide) groups is 1. The van der Waals surface area contributed by atoms with E-state index in [-0.39, 0.29) is 6.04 Å². The van der Waals surface area contributed by atoms with Crippen LogP contribution in [0.1, 0.15) is 22.7 Å². The van der Waals surface area contributed by atoms with Gasteiger partial charge in [0.1, 0.15) is 6.33 Å². The summed E-state index contributed by atoms with van der Waals surface area (Å²) in [6, 6.07) is 6.42. The van der Waals surface area contributed by atoms with Crippen molar-refractivity contribution in [2.24, 2.45) is 12.8 Å². The molecule has 4 nitrogen and oxygen atoms in total. The maximum atomic E-state index is 6.25. The van der Waals surface area contributed by atoms with Gasteiger partial charge in [0.25, 0.3) is 0 Å². The first-order valence-corrected chi connectivity index (χ1v) is 6.86. The van der Waals surface area contributed by atoms with E-state index in [1.54, 1.807) is 22.8 Å². The molecule has 1 atom stereocenters. The van der Waals surface area contributed by atoms with Crippen LogP contribution in [0.3, 0.4) is 0 Å². The van der Waals surface area contributed by atoms with Crippen LogP contribution in [-0.4, -0.2) is 20.5 Å². The lowest BCUT2D eigenvalue weighted by atomic mass is 10.0. The van der Waals surface area contributed by atoms with Crippen LogP contribution in [0.4, 0.5) is 0 Å². The molecule has 1 heterocycles. The Hall–Kier alpha value is -1.33. The van der Waals surface area contributed by atoms with Crippen LogP contribution in [0.15, 0.2) is 29.7 Å². The third-order valence-corrected chi connectivity index (χ3v) is 4.05. The largest absolute Gasteiger partial charge is 0.323 e. The Labute approximate surface area is 112 Å². The van der Waals surface area contributed by atoms with Gasteiger partial charge < -0.3 is 5.73 Å². The number of hydrogen-bond donors (Lipinski definition) is 1. The van der Waals surface area contributed by atoms with Crippen LogP contribution in [0.5, 0.6) is 0 Å². The fourth-order valence-corrected chi connectivity index (χ4v) is 2.69. The number of nitrogens with zero attached hydrogens (tertiary/aromatic N) is 3. The van der Waals surface area contributed by atoms with E-state index in [4.69, 9.17) is 5.73 Å². The lowest BCUT2D eigenvalue weighted by Gasteiger charge is -2.14. The smallest absolute Gasteiger partial charge is 0.185 e. The van der Waals surface area contributed by atoms with Gasteiger partial charge in [0.15, 0.2) is 5.16 Å². The first-order valence-electron chi connectivity index (χ1n) is 5.87. The minimum Gasteiger partial charge on any atom is -0.323 e.